The Hall–Kier alpha value is 4.30. The molecule has 0 atom stereocenters. The fourth-order valence-corrected chi connectivity index (χ4v) is 84.3. The molecule has 0 rings (SSSR count). The molecule has 0 aliphatic carbocycles. The van der Waals surface area contributed by atoms with Crippen LogP contribution in [-0.4, -0.2) is 9.77 Å². The van der Waals surface area contributed by atoms with E-state index in [-0.39, 0.29) is 0 Å². The summed E-state index contributed by atoms with van der Waals surface area (Å²) < 4.78 is -2.12. The maximum Gasteiger partial charge on any atom is 0.261 e. The molecule has 0 aliphatic rings. The minimum atomic E-state index is -1.07. The zero-order chi connectivity index (χ0) is 13.7. The van der Waals surface area contributed by atoms with Gasteiger partial charge in [0.1, 0.15) is 0 Å². The molecule has 0 radical (unpaired) electrons. The maximum absolute atomic E-state index is 2.99. The molecule has 0 aromatic rings. The molecule has 0 spiro atoms. The normalized spacial score (nSPS) is 14.1. The van der Waals surface area contributed by atoms with Crippen LogP contribution in [0, 0.1) is 0 Å². The van der Waals surface area contributed by atoms with Gasteiger partial charge < -0.3 is 0 Å². The van der Waals surface area contributed by atoms with Crippen molar-refractivity contribution >= 4 is 119 Å². The average molecular weight is 848 g/mol. The van der Waals surface area contributed by atoms with Gasteiger partial charge in [-0.15, -0.1) is 43.6 Å². The lowest BCUT2D eigenvalue weighted by atomic mass is 10.6. The molecule has 0 aromatic heterocycles. The Morgan fingerprint density at radius 2 is 0.941 bits per heavy atom. The summed E-state index contributed by atoms with van der Waals surface area (Å²) in [6.45, 7) is 7.21. The number of halogens is 5. The van der Waals surface area contributed by atoms with E-state index in [1.807, 2.05) is 0 Å². The van der Waals surface area contributed by atoms with Crippen LogP contribution >= 0.6 is 109 Å². The zero-order valence-electron chi connectivity index (χ0n) is 10.6. The fourth-order valence-electron chi connectivity index (χ4n) is 2.58. The van der Waals surface area contributed by atoms with Crippen molar-refractivity contribution in [2.45, 2.75) is 58.2 Å². The highest BCUT2D eigenvalue weighted by atomic mass is 127. The van der Waals surface area contributed by atoms with Crippen LogP contribution in [0.3, 0.4) is 0 Å². The summed E-state index contributed by atoms with van der Waals surface area (Å²) in [5.74, 6) is 0. The largest absolute Gasteiger partial charge is 0.261 e. The van der Waals surface area contributed by atoms with Gasteiger partial charge in [-0.1, -0.05) is 124 Å². The third kappa shape index (κ3) is 5.78. The predicted octanol–water partition coefficient (Wildman–Crippen LogP) is 7.38. The van der Waals surface area contributed by atoms with E-state index in [2.05, 4.69) is 130 Å². The first-order valence-electron chi connectivity index (χ1n) is 6.13. The molecule has 0 saturated heterocycles. The van der Waals surface area contributed by atoms with Crippen molar-refractivity contribution in [1.29, 1.82) is 0 Å². The second kappa shape index (κ2) is 9.44. The summed E-state index contributed by atoms with van der Waals surface area (Å²) in [6.07, 6.45) is 4.25. The van der Waals surface area contributed by atoms with E-state index in [0.29, 0.717) is 0 Å². The Bertz CT molecular complexity index is 212. The molecule has 0 aliphatic heterocycles. The third-order valence-corrected chi connectivity index (χ3v) is 153. The summed E-state index contributed by atoms with van der Waals surface area (Å²) in [6, 6.07) is 4.78. The van der Waals surface area contributed by atoms with Gasteiger partial charge in [0.15, 0.2) is 0 Å². The van der Waals surface area contributed by atoms with E-state index in [0.717, 1.165) is 0 Å². The molecule has 0 saturated carbocycles. The van der Waals surface area contributed by atoms with Crippen LogP contribution in [0.1, 0.15) is 40.0 Å². The van der Waals surface area contributed by atoms with E-state index in [9.17, 15) is 0 Å². The number of hydrogen-bond donors (Lipinski definition) is 0. The third-order valence-electron chi connectivity index (χ3n) is 3.21. The molecule has 104 valence electrons. The summed E-state index contributed by atoms with van der Waals surface area (Å²) in [7, 11) is -1.01. The molecule has 0 nitrogen and oxygen atoms in total. The van der Waals surface area contributed by atoms with Gasteiger partial charge in [-0.2, -0.15) is 0 Å². The first-order valence-corrected chi connectivity index (χ1v) is 30.3. The molecule has 0 aromatic carbocycles. The molecule has 0 bridgehead atoms. The van der Waals surface area contributed by atoms with E-state index in [4.69, 9.17) is 0 Å². The van der Waals surface area contributed by atoms with Crippen LogP contribution in [0.5, 0.6) is 0 Å². The number of hydrogen-bond acceptors (Lipinski definition) is 0. The van der Waals surface area contributed by atoms with Gasteiger partial charge in [0, 0.05) is 0 Å². The molecule has 0 fully saturated rings. The van der Waals surface area contributed by atoms with Gasteiger partial charge in [0.05, 0.1) is 7.59 Å². The summed E-state index contributed by atoms with van der Waals surface area (Å²) in [5, 5.41) is 0. The maximum atomic E-state index is 2.99. The van der Waals surface area contributed by atoms with Crippen molar-refractivity contribution in [3.63, 3.8) is 0 Å². The molecule has 0 N–H and O–H groups in total. The SMILES string of the molecule is CCC[Si](CCC)(CCC)[Si](I)(I)[Si](I)(I)I. The summed E-state index contributed by atoms with van der Waals surface area (Å²) in [4.78, 5) is 0. The average Bonchev–Trinajstić information content (AvgIpc) is 2.16. The monoisotopic (exact) mass is 848 g/mol. The highest BCUT2D eigenvalue weighted by Gasteiger charge is 2.61. The zero-order valence-corrected chi connectivity index (χ0v) is 24.4. The molecular weight excluding hydrogens is 827 g/mol. The quantitative estimate of drug-likeness (QED) is 0.136. The Labute approximate surface area is 173 Å². The van der Waals surface area contributed by atoms with Crippen LogP contribution < -0.4 is 0 Å². The molecular formula is C9H21I5Si3. The van der Waals surface area contributed by atoms with E-state index >= 15 is 0 Å². The van der Waals surface area contributed by atoms with Gasteiger partial charge in [0.2, 0.25) is 2.10 Å². The standard InChI is InChI=1S/C9H21I5Si3/c1-4-7-15(8-5-2,9-6-3)17(13,14)16(10,11)12/h4-9H2,1-3H3. The lowest BCUT2D eigenvalue weighted by Crippen LogP contribution is -2.63. The van der Waals surface area contributed by atoms with Crippen molar-refractivity contribution in [3.05, 3.63) is 0 Å². The van der Waals surface area contributed by atoms with Crippen molar-refractivity contribution in [2.24, 2.45) is 0 Å². The Balaban J connectivity index is 5.38. The Kier molecular flexibility index (Phi) is 11.8. The highest BCUT2D eigenvalue weighted by molar-refractivity contribution is 14.4. The molecule has 17 heavy (non-hydrogen) atoms. The summed E-state index contributed by atoms with van der Waals surface area (Å²) in [5.41, 5.74) is 0. The molecule has 8 heteroatoms. The van der Waals surface area contributed by atoms with Crippen molar-refractivity contribution in [1.82, 2.24) is 0 Å². The van der Waals surface area contributed by atoms with E-state index < -0.39 is 9.77 Å². The second-order valence-electron chi connectivity index (χ2n) is 4.60. The van der Waals surface area contributed by atoms with Gasteiger partial charge in [-0.3, -0.25) is 0 Å². The topological polar surface area (TPSA) is 0 Å². The first kappa shape index (κ1) is 21.3. The first-order chi connectivity index (χ1) is 7.68. The van der Waals surface area contributed by atoms with Crippen LogP contribution in [0.2, 0.25) is 18.1 Å². The van der Waals surface area contributed by atoms with Gasteiger partial charge >= 0.3 is 0 Å². The van der Waals surface area contributed by atoms with Crippen LogP contribution in [0.4, 0.5) is 0 Å². The van der Waals surface area contributed by atoms with E-state index in [1.165, 1.54) is 19.3 Å². The van der Waals surface area contributed by atoms with Gasteiger partial charge in [-0.25, -0.2) is 0 Å². The lowest BCUT2D eigenvalue weighted by molar-refractivity contribution is 0.947. The number of rotatable bonds is 8. The van der Waals surface area contributed by atoms with E-state index in [1.54, 1.807) is 18.1 Å². The van der Waals surface area contributed by atoms with Crippen LogP contribution in [0.15, 0.2) is 0 Å². The summed E-state index contributed by atoms with van der Waals surface area (Å²) >= 11 is 14.6. The predicted molar refractivity (Wildman–Crippen MR) is 133 cm³/mol. The van der Waals surface area contributed by atoms with Crippen molar-refractivity contribution in [2.75, 3.05) is 0 Å². The highest BCUT2D eigenvalue weighted by Crippen LogP contribution is 2.54. The van der Waals surface area contributed by atoms with Gasteiger partial charge in [-0.05, 0) is 0 Å². The molecule has 0 amide bonds. The Morgan fingerprint density at radius 3 is 1.12 bits per heavy atom. The lowest BCUT2D eigenvalue weighted by Gasteiger charge is -2.44. The fraction of sp³-hybridized carbons (Fsp3) is 1.00. The second-order valence-corrected chi connectivity index (χ2v) is 92.7. The van der Waals surface area contributed by atoms with Crippen molar-refractivity contribution < 1.29 is 0 Å². The smallest absolute Gasteiger partial charge is 0.109 e. The minimum absolute atomic E-state index is 1.01. The van der Waals surface area contributed by atoms with Crippen LogP contribution in [-0.2, 0) is 0 Å². The van der Waals surface area contributed by atoms with Crippen molar-refractivity contribution in [3.8, 4) is 0 Å². The minimum Gasteiger partial charge on any atom is -0.109 e. The van der Waals surface area contributed by atoms with Gasteiger partial charge in [0.25, 0.3) is 0.0813 Å². The molecule has 0 unspecified atom stereocenters. The Morgan fingerprint density at radius 1 is 0.647 bits per heavy atom. The van der Waals surface area contributed by atoms with Crippen LogP contribution in [0.25, 0.3) is 0 Å². The molecule has 0 heterocycles.